The Hall–Kier alpha value is -1.95. The molecular weight excluding hydrogens is 336 g/mol. The molecule has 1 amide bonds. The van der Waals surface area contributed by atoms with Crippen LogP contribution in [-0.2, 0) is 14.3 Å². The second kappa shape index (κ2) is 6.75. The molecule has 1 saturated carbocycles. The molecule has 3 atom stereocenters. The summed E-state index contributed by atoms with van der Waals surface area (Å²) in [4.78, 5) is 30.8. The molecule has 0 radical (unpaired) electrons. The van der Waals surface area contributed by atoms with E-state index in [0.29, 0.717) is 12.5 Å². The van der Waals surface area contributed by atoms with Crippen LogP contribution in [0.15, 0.2) is 24.3 Å². The standard InChI is InChI=1S/C19H22N2O3S/c1-12-9-14(12)19(23)24-11-17(22)21-8-4-5-13(10-21)18-20-15-6-2-3-7-16(15)25-18/h2-3,6-7,12-14H,4-5,8-11H2,1H3/t12-,13+,14+/m1/s1. The van der Waals surface area contributed by atoms with Crippen LogP contribution in [0.4, 0.5) is 0 Å². The lowest BCUT2D eigenvalue weighted by molar-refractivity contribution is -0.153. The van der Waals surface area contributed by atoms with Gasteiger partial charge in [-0.2, -0.15) is 0 Å². The second-order valence-electron chi connectivity index (χ2n) is 7.13. The van der Waals surface area contributed by atoms with Gasteiger partial charge < -0.3 is 9.64 Å². The molecule has 5 nitrogen and oxygen atoms in total. The van der Waals surface area contributed by atoms with Crippen molar-refractivity contribution in [3.8, 4) is 0 Å². The third kappa shape index (κ3) is 3.54. The number of hydrogen-bond donors (Lipinski definition) is 0. The molecule has 0 bridgehead atoms. The van der Waals surface area contributed by atoms with Crippen molar-refractivity contribution in [3.05, 3.63) is 29.3 Å². The number of rotatable bonds is 4. The number of ether oxygens (including phenoxy) is 1. The summed E-state index contributed by atoms with van der Waals surface area (Å²) in [5, 5.41) is 1.10. The molecule has 1 saturated heterocycles. The quantitative estimate of drug-likeness (QED) is 0.788. The Bertz CT molecular complexity index is 770. The number of amides is 1. The molecule has 1 aromatic heterocycles. The maximum Gasteiger partial charge on any atom is 0.309 e. The highest BCUT2D eigenvalue weighted by molar-refractivity contribution is 7.18. The lowest BCUT2D eigenvalue weighted by Crippen LogP contribution is -2.41. The van der Waals surface area contributed by atoms with Gasteiger partial charge in [0.15, 0.2) is 6.61 Å². The molecule has 2 aliphatic rings. The van der Waals surface area contributed by atoms with Gasteiger partial charge in [-0.05, 0) is 37.3 Å². The minimum Gasteiger partial charge on any atom is -0.455 e. The van der Waals surface area contributed by atoms with Gasteiger partial charge in [-0.25, -0.2) is 4.98 Å². The number of likely N-dealkylation sites (tertiary alicyclic amines) is 1. The molecule has 6 heteroatoms. The summed E-state index contributed by atoms with van der Waals surface area (Å²) < 4.78 is 6.39. The van der Waals surface area contributed by atoms with E-state index in [4.69, 9.17) is 9.72 Å². The van der Waals surface area contributed by atoms with E-state index < -0.39 is 0 Å². The fourth-order valence-corrected chi connectivity index (χ4v) is 4.54. The number of hydrogen-bond acceptors (Lipinski definition) is 5. The summed E-state index contributed by atoms with van der Waals surface area (Å²) in [7, 11) is 0. The second-order valence-corrected chi connectivity index (χ2v) is 8.19. The SMILES string of the molecule is C[C@@H]1C[C@@H]1C(=O)OCC(=O)N1CCC[C@H](c2nc3ccccc3s2)C1. The minimum absolute atomic E-state index is 0.00431. The predicted octanol–water partition coefficient (Wildman–Crippen LogP) is 3.20. The molecule has 0 spiro atoms. The maximum atomic E-state index is 12.4. The van der Waals surface area contributed by atoms with Crippen LogP contribution in [0.1, 0.15) is 37.1 Å². The zero-order chi connectivity index (χ0) is 17.4. The van der Waals surface area contributed by atoms with Crippen molar-refractivity contribution in [3.63, 3.8) is 0 Å². The number of nitrogens with zero attached hydrogens (tertiary/aromatic N) is 2. The fourth-order valence-electron chi connectivity index (χ4n) is 3.45. The largest absolute Gasteiger partial charge is 0.455 e. The highest BCUT2D eigenvalue weighted by Gasteiger charge is 2.41. The van der Waals surface area contributed by atoms with E-state index in [1.807, 2.05) is 30.0 Å². The highest BCUT2D eigenvalue weighted by Crippen LogP contribution is 2.38. The van der Waals surface area contributed by atoms with Crippen LogP contribution in [0, 0.1) is 11.8 Å². The Kier molecular flexibility index (Phi) is 4.46. The number of piperidine rings is 1. The Morgan fingerprint density at radius 1 is 1.36 bits per heavy atom. The molecule has 2 aromatic rings. The van der Waals surface area contributed by atoms with Crippen molar-refractivity contribution in [2.75, 3.05) is 19.7 Å². The summed E-state index contributed by atoms with van der Waals surface area (Å²) in [5.41, 5.74) is 1.03. The van der Waals surface area contributed by atoms with Gasteiger partial charge in [-0.1, -0.05) is 19.1 Å². The molecule has 1 aliphatic carbocycles. The smallest absolute Gasteiger partial charge is 0.309 e. The van der Waals surface area contributed by atoms with Gasteiger partial charge in [0.1, 0.15) is 0 Å². The van der Waals surface area contributed by atoms with E-state index >= 15 is 0 Å². The van der Waals surface area contributed by atoms with Crippen LogP contribution in [-0.4, -0.2) is 41.5 Å². The first kappa shape index (κ1) is 16.5. The summed E-state index contributed by atoms with van der Waals surface area (Å²) in [6.07, 6.45) is 2.89. The number of para-hydroxylation sites is 1. The zero-order valence-corrected chi connectivity index (χ0v) is 15.1. The van der Waals surface area contributed by atoms with Crippen molar-refractivity contribution in [1.29, 1.82) is 0 Å². The molecule has 2 heterocycles. The Balaban J connectivity index is 1.36. The van der Waals surface area contributed by atoms with Gasteiger partial charge in [0, 0.05) is 19.0 Å². The first-order chi connectivity index (χ1) is 12.1. The zero-order valence-electron chi connectivity index (χ0n) is 14.3. The average molecular weight is 358 g/mol. The van der Waals surface area contributed by atoms with Gasteiger partial charge in [0.05, 0.1) is 21.1 Å². The number of fused-ring (bicyclic) bond motifs is 1. The number of aromatic nitrogens is 1. The van der Waals surface area contributed by atoms with E-state index in [1.165, 1.54) is 4.70 Å². The molecule has 0 N–H and O–H groups in total. The third-order valence-electron chi connectivity index (χ3n) is 5.18. The fraction of sp³-hybridized carbons (Fsp3) is 0.526. The van der Waals surface area contributed by atoms with Gasteiger partial charge in [-0.3, -0.25) is 9.59 Å². The van der Waals surface area contributed by atoms with E-state index in [0.717, 1.165) is 36.3 Å². The van der Waals surface area contributed by atoms with Gasteiger partial charge in [0.25, 0.3) is 5.91 Å². The van der Waals surface area contributed by atoms with Crippen molar-refractivity contribution >= 4 is 33.4 Å². The molecule has 132 valence electrons. The Morgan fingerprint density at radius 3 is 2.92 bits per heavy atom. The van der Waals surface area contributed by atoms with Gasteiger partial charge >= 0.3 is 5.97 Å². The van der Waals surface area contributed by atoms with E-state index in [2.05, 4.69) is 6.07 Å². The normalized spacial score (nSPS) is 25.8. The first-order valence-corrected chi connectivity index (χ1v) is 9.73. The van der Waals surface area contributed by atoms with Crippen molar-refractivity contribution in [2.24, 2.45) is 11.8 Å². The Morgan fingerprint density at radius 2 is 2.16 bits per heavy atom. The number of carbonyl (C=O) groups is 2. The van der Waals surface area contributed by atoms with Gasteiger partial charge in [-0.15, -0.1) is 11.3 Å². The molecule has 0 unspecified atom stereocenters. The molecule has 25 heavy (non-hydrogen) atoms. The topological polar surface area (TPSA) is 59.5 Å². The highest BCUT2D eigenvalue weighted by atomic mass is 32.1. The van der Waals surface area contributed by atoms with E-state index in [-0.39, 0.29) is 30.3 Å². The summed E-state index contributed by atoms with van der Waals surface area (Å²) in [6, 6.07) is 8.13. The molecule has 2 fully saturated rings. The minimum atomic E-state index is -0.222. The monoisotopic (exact) mass is 358 g/mol. The molecular formula is C19H22N2O3S. The summed E-state index contributed by atoms with van der Waals surface area (Å²) in [5.74, 6) is 0.368. The summed E-state index contributed by atoms with van der Waals surface area (Å²) >= 11 is 1.71. The summed E-state index contributed by atoms with van der Waals surface area (Å²) in [6.45, 7) is 3.29. The van der Waals surface area contributed by atoms with Gasteiger partial charge in [0.2, 0.25) is 0 Å². The van der Waals surface area contributed by atoms with Crippen LogP contribution in [0.2, 0.25) is 0 Å². The molecule has 1 aliphatic heterocycles. The van der Waals surface area contributed by atoms with Crippen molar-refractivity contribution in [1.82, 2.24) is 9.88 Å². The molecule has 1 aromatic carbocycles. The number of esters is 1. The van der Waals surface area contributed by atoms with Crippen LogP contribution in [0.5, 0.6) is 0 Å². The van der Waals surface area contributed by atoms with E-state index in [9.17, 15) is 9.59 Å². The lowest BCUT2D eigenvalue weighted by Gasteiger charge is -2.31. The van der Waals surface area contributed by atoms with Crippen LogP contribution in [0.25, 0.3) is 10.2 Å². The lowest BCUT2D eigenvalue weighted by atomic mass is 9.99. The number of carbonyl (C=O) groups excluding carboxylic acids is 2. The predicted molar refractivity (Wildman–Crippen MR) is 96.4 cm³/mol. The molecule has 4 rings (SSSR count). The number of thiazole rings is 1. The van der Waals surface area contributed by atoms with Crippen LogP contribution >= 0.6 is 11.3 Å². The first-order valence-electron chi connectivity index (χ1n) is 8.91. The average Bonchev–Trinajstić information content (AvgIpc) is 3.21. The van der Waals surface area contributed by atoms with Crippen molar-refractivity contribution in [2.45, 2.75) is 32.1 Å². The Labute approximate surface area is 151 Å². The third-order valence-corrected chi connectivity index (χ3v) is 6.38. The number of benzene rings is 1. The van der Waals surface area contributed by atoms with Crippen LogP contribution < -0.4 is 0 Å². The maximum absolute atomic E-state index is 12.4. The van der Waals surface area contributed by atoms with E-state index in [1.54, 1.807) is 11.3 Å². The van der Waals surface area contributed by atoms with Crippen LogP contribution in [0.3, 0.4) is 0 Å². The van der Waals surface area contributed by atoms with Crippen molar-refractivity contribution < 1.29 is 14.3 Å².